The molecule has 1 aromatic heterocycles. The third-order valence-electron chi connectivity index (χ3n) is 1.48. The fraction of sp³-hybridized carbons (Fsp3) is 0.250. The van der Waals surface area contributed by atoms with Gasteiger partial charge in [-0.3, -0.25) is 0 Å². The lowest BCUT2D eigenvalue weighted by Gasteiger charge is -2.03. The van der Waals surface area contributed by atoms with Gasteiger partial charge < -0.3 is 9.94 Å². The zero-order valence-electron chi connectivity index (χ0n) is 7.95. The minimum atomic E-state index is -0.735. The van der Waals surface area contributed by atoms with Crippen LogP contribution in [0, 0.1) is 0 Å². The number of rotatable bonds is 2. The lowest BCUT2D eigenvalue weighted by molar-refractivity contribution is 0.140. The number of hydrogen-bond donors (Lipinski definition) is 2. The Morgan fingerprint density at radius 1 is 1.73 bits per heavy atom. The monoisotopic (exact) mass is 246 g/mol. The van der Waals surface area contributed by atoms with Crippen molar-refractivity contribution in [1.82, 2.24) is 4.73 Å². The molecule has 0 bridgehead atoms. The van der Waals surface area contributed by atoms with Crippen molar-refractivity contribution in [2.45, 2.75) is 11.9 Å². The first-order valence-corrected chi connectivity index (χ1v) is 6.00. The highest BCUT2D eigenvalue weighted by Crippen LogP contribution is 2.17. The lowest BCUT2D eigenvalue weighted by atomic mass is 10.5. The van der Waals surface area contributed by atoms with Gasteiger partial charge in [-0.1, -0.05) is 6.07 Å². The Morgan fingerprint density at radius 3 is 3.07 bits per heavy atom. The van der Waals surface area contributed by atoms with Crippen LogP contribution in [-0.2, 0) is 4.74 Å². The summed E-state index contributed by atoms with van der Waals surface area (Å²) >= 11 is 3.94. The maximum Gasteiger partial charge on any atom is 0.435 e. The maximum absolute atomic E-state index is 11.0. The Balaban J connectivity index is 3.09. The van der Waals surface area contributed by atoms with Crippen LogP contribution in [0.1, 0.15) is 6.92 Å². The number of hydrogen-bond acceptors (Lipinski definition) is 5. The average Bonchev–Trinajstić information content (AvgIpc) is 2.21. The summed E-state index contributed by atoms with van der Waals surface area (Å²) in [6.07, 6.45) is -0.735. The zero-order valence-corrected chi connectivity index (χ0v) is 9.66. The molecule has 0 aromatic carbocycles. The summed E-state index contributed by atoms with van der Waals surface area (Å²) in [5.74, 6) is 0. The van der Waals surface area contributed by atoms with Crippen molar-refractivity contribution in [3.8, 4) is 0 Å². The quantitative estimate of drug-likeness (QED) is 0.474. The van der Waals surface area contributed by atoms with E-state index in [1.54, 1.807) is 19.1 Å². The summed E-state index contributed by atoms with van der Waals surface area (Å²) in [5, 5.41) is 10.0. The van der Waals surface area contributed by atoms with Gasteiger partial charge in [0, 0.05) is 0 Å². The van der Waals surface area contributed by atoms with Gasteiger partial charge in [0.1, 0.15) is 5.03 Å². The third-order valence-corrected chi connectivity index (χ3v) is 2.53. The predicted octanol–water partition coefficient (Wildman–Crippen LogP) is 1.72. The molecule has 0 unspecified atom stereocenters. The third kappa shape index (κ3) is 3.21. The molecular formula is C8H10N2O3S2. The van der Waals surface area contributed by atoms with Crippen LogP contribution in [0.5, 0.6) is 0 Å². The highest BCUT2D eigenvalue weighted by atomic mass is 33.1. The van der Waals surface area contributed by atoms with Gasteiger partial charge in [0.05, 0.1) is 6.61 Å². The summed E-state index contributed by atoms with van der Waals surface area (Å²) < 4.78 is 5.39. The van der Waals surface area contributed by atoms with Crippen molar-refractivity contribution >= 4 is 28.5 Å². The molecule has 0 saturated heterocycles. The maximum atomic E-state index is 11.0. The largest absolute Gasteiger partial charge is 0.448 e. The van der Waals surface area contributed by atoms with E-state index in [-0.39, 0.29) is 12.1 Å². The molecule has 1 heterocycles. The fourth-order valence-corrected chi connectivity index (χ4v) is 1.60. The van der Waals surface area contributed by atoms with Crippen molar-refractivity contribution in [2.24, 2.45) is 4.99 Å². The van der Waals surface area contributed by atoms with Crippen LogP contribution in [0.15, 0.2) is 28.2 Å². The second kappa shape index (κ2) is 5.72. The van der Waals surface area contributed by atoms with Gasteiger partial charge in [0.15, 0.2) is 5.49 Å². The van der Waals surface area contributed by atoms with Crippen molar-refractivity contribution in [3.63, 3.8) is 0 Å². The summed E-state index contributed by atoms with van der Waals surface area (Å²) in [6.45, 7) is 1.93. The van der Waals surface area contributed by atoms with Gasteiger partial charge in [-0.25, -0.2) is 4.79 Å². The number of nitrogens with zero attached hydrogens (tertiary/aromatic N) is 2. The Morgan fingerprint density at radius 2 is 2.47 bits per heavy atom. The van der Waals surface area contributed by atoms with E-state index in [4.69, 9.17) is 0 Å². The molecule has 0 saturated carbocycles. The molecule has 0 spiro atoms. The van der Waals surface area contributed by atoms with Crippen LogP contribution in [0.4, 0.5) is 4.79 Å². The van der Waals surface area contributed by atoms with E-state index in [1.807, 2.05) is 0 Å². The molecule has 82 valence electrons. The second-order valence-electron chi connectivity index (χ2n) is 2.44. The number of ether oxygens (including phenoxy) is 1. The van der Waals surface area contributed by atoms with Crippen LogP contribution >= 0.6 is 22.5 Å². The molecule has 0 aliphatic rings. The number of carbonyl (C=O) groups is 1. The number of pyridine rings is 1. The SMILES string of the molecule is CCOC(=O)/N=c1\cccc(SS)n1O. The van der Waals surface area contributed by atoms with Gasteiger partial charge in [0.2, 0.25) is 0 Å². The molecule has 5 nitrogen and oxygen atoms in total. The molecule has 1 aromatic rings. The van der Waals surface area contributed by atoms with Gasteiger partial charge in [-0.2, -0.15) is 9.72 Å². The van der Waals surface area contributed by atoms with Crippen LogP contribution in [0.25, 0.3) is 0 Å². The highest BCUT2D eigenvalue weighted by molar-refractivity contribution is 8.68. The molecule has 1 rings (SSSR count). The van der Waals surface area contributed by atoms with Crippen LogP contribution in [0.3, 0.4) is 0 Å². The van der Waals surface area contributed by atoms with Gasteiger partial charge in [0.25, 0.3) is 0 Å². The van der Waals surface area contributed by atoms with E-state index in [0.717, 1.165) is 15.5 Å². The summed E-state index contributed by atoms with van der Waals surface area (Å²) in [6, 6.07) is 4.79. The molecule has 7 heteroatoms. The Kier molecular flexibility index (Phi) is 4.57. The first-order valence-electron chi connectivity index (χ1n) is 4.13. The predicted molar refractivity (Wildman–Crippen MR) is 59.0 cm³/mol. The zero-order chi connectivity index (χ0) is 11.3. The molecule has 1 amide bonds. The van der Waals surface area contributed by atoms with E-state index in [9.17, 15) is 10.0 Å². The van der Waals surface area contributed by atoms with E-state index in [0.29, 0.717) is 5.03 Å². The van der Waals surface area contributed by atoms with E-state index >= 15 is 0 Å². The summed E-state index contributed by atoms with van der Waals surface area (Å²) in [5.41, 5.74) is 0.104. The van der Waals surface area contributed by atoms with E-state index < -0.39 is 6.09 Å². The smallest absolute Gasteiger partial charge is 0.435 e. The highest BCUT2D eigenvalue weighted by Gasteiger charge is 2.01. The molecule has 0 atom stereocenters. The second-order valence-corrected chi connectivity index (χ2v) is 3.58. The number of carbonyl (C=O) groups excluding carboxylic acids is 1. The minimum Gasteiger partial charge on any atom is -0.448 e. The number of amides is 1. The lowest BCUT2D eigenvalue weighted by Crippen LogP contribution is -2.21. The molecular weight excluding hydrogens is 236 g/mol. The van der Waals surface area contributed by atoms with Crippen molar-refractivity contribution in [3.05, 3.63) is 23.7 Å². The molecule has 1 N–H and O–H groups in total. The topological polar surface area (TPSA) is 63.8 Å². The first kappa shape index (κ1) is 12.0. The number of aromatic nitrogens is 1. The molecule has 0 aliphatic heterocycles. The van der Waals surface area contributed by atoms with Crippen LogP contribution in [0.2, 0.25) is 0 Å². The Hall–Kier alpha value is -1.08. The van der Waals surface area contributed by atoms with Gasteiger partial charge >= 0.3 is 6.09 Å². The minimum absolute atomic E-state index is 0.104. The molecule has 0 aliphatic carbocycles. The normalized spacial score (nSPS) is 11.5. The van der Waals surface area contributed by atoms with Crippen molar-refractivity contribution in [2.75, 3.05) is 6.61 Å². The van der Waals surface area contributed by atoms with Crippen molar-refractivity contribution in [1.29, 1.82) is 0 Å². The van der Waals surface area contributed by atoms with Gasteiger partial charge in [-0.05, 0) is 29.9 Å². The Bertz CT molecular complexity index is 417. The fourth-order valence-electron chi connectivity index (χ4n) is 0.874. The summed E-state index contributed by atoms with van der Waals surface area (Å²) in [7, 11) is 1.05. The van der Waals surface area contributed by atoms with Crippen LogP contribution < -0.4 is 5.49 Å². The Labute approximate surface area is 95.6 Å². The molecule has 0 radical (unpaired) electrons. The molecule has 15 heavy (non-hydrogen) atoms. The number of thiol groups is 1. The van der Waals surface area contributed by atoms with Crippen LogP contribution in [-0.4, -0.2) is 22.6 Å². The van der Waals surface area contributed by atoms with Crippen molar-refractivity contribution < 1.29 is 14.7 Å². The van der Waals surface area contributed by atoms with E-state index in [1.165, 1.54) is 6.07 Å². The average molecular weight is 246 g/mol. The summed E-state index contributed by atoms with van der Waals surface area (Å²) in [4.78, 5) is 14.6. The van der Waals surface area contributed by atoms with Gasteiger partial charge in [-0.15, -0.1) is 11.7 Å². The standard InChI is InChI=1S/C8H10N2O3S2/c1-2-13-8(11)9-6-4-3-5-7(15-14)10(6)12/h3-5,12,14H,2H2,1H3/b9-6+. The molecule has 0 fully saturated rings. The van der Waals surface area contributed by atoms with E-state index in [2.05, 4.69) is 21.4 Å². The first-order chi connectivity index (χ1) is 7.19.